The van der Waals surface area contributed by atoms with Gasteiger partial charge in [-0.2, -0.15) is 5.06 Å². The second kappa shape index (κ2) is 6.57. The quantitative estimate of drug-likeness (QED) is 0.576. The van der Waals surface area contributed by atoms with Crippen molar-refractivity contribution in [2.75, 3.05) is 32.4 Å². The van der Waals surface area contributed by atoms with Gasteiger partial charge < -0.3 is 14.4 Å². The van der Waals surface area contributed by atoms with Crippen molar-refractivity contribution in [2.45, 2.75) is 37.3 Å². The summed E-state index contributed by atoms with van der Waals surface area (Å²) in [6.07, 6.45) is 4.13. The highest BCUT2D eigenvalue weighted by Crippen LogP contribution is 2.57. The van der Waals surface area contributed by atoms with Crippen molar-refractivity contribution < 1.29 is 23.9 Å². The molecule has 0 radical (unpaired) electrons. The number of carbonyl (C=O) groups is 2. The van der Waals surface area contributed by atoms with Crippen LogP contribution in [0.1, 0.15) is 25.3 Å². The highest BCUT2D eigenvalue weighted by molar-refractivity contribution is 6.07. The molecule has 5 aliphatic rings. The van der Waals surface area contributed by atoms with E-state index in [1.54, 1.807) is 7.11 Å². The molecule has 7 heteroatoms. The number of rotatable bonds is 3. The molecule has 1 saturated carbocycles. The Balaban J connectivity index is 1.70. The lowest BCUT2D eigenvalue weighted by molar-refractivity contribution is -0.137. The van der Waals surface area contributed by atoms with Crippen LogP contribution in [0.15, 0.2) is 29.8 Å². The summed E-state index contributed by atoms with van der Waals surface area (Å²) in [5.41, 5.74) is 2.00. The number of anilines is 1. The van der Waals surface area contributed by atoms with Gasteiger partial charge in [-0.15, -0.1) is 0 Å². The number of hydrogen-bond donors (Lipinski definition) is 0. The molecule has 4 aliphatic heterocycles. The topological polar surface area (TPSA) is 68.3 Å². The molecule has 3 saturated heterocycles. The Labute approximate surface area is 170 Å². The Morgan fingerprint density at radius 2 is 2.14 bits per heavy atom. The minimum Gasteiger partial charge on any atom is -0.497 e. The highest BCUT2D eigenvalue weighted by Gasteiger charge is 2.64. The molecule has 4 fully saturated rings. The number of fused-ring (bicyclic) bond motifs is 2. The van der Waals surface area contributed by atoms with E-state index in [4.69, 9.17) is 14.3 Å². The first kappa shape index (κ1) is 18.6. The number of piperidine rings is 1. The van der Waals surface area contributed by atoms with Gasteiger partial charge in [0.1, 0.15) is 11.2 Å². The van der Waals surface area contributed by atoms with E-state index in [0.717, 1.165) is 18.4 Å². The summed E-state index contributed by atoms with van der Waals surface area (Å²) >= 11 is 0. The maximum Gasteiger partial charge on any atom is 0.264 e. The van der Waals surface area contributed by atoms with Gasteiger partial charge in [0.2, 0.25) is 6.41 Å². The molecule has 4 bridgehead atoms. The van der Waals surface area contributed by atoms with Gasteiger partial charge in [0.15, 0.2) is 0 Å². The summed E-state index contributed by atoms with van der Waals surface area (Å²) in [6, 6.07) is 5.64. The molecule has 5 atom stereocenters. The van der Waals surface area contributed by atoms with Gasteiger partial charge >= 0.3 is 0 Å². The molecule has 1 aromatic carbocycles. The molecule has 1 spiro atoms. The predicted octanol–water partition coefficient (Wildman–Crippen LogP) is 2.05. The zero-order chi connectivity index (χ0) is 20.3. The van der Waals surface area contributed by atoms with Crippen molar-refractivity contribution in [3.8, 4) is 5.75 Å². The van der Waals surface area contributed by atoms with Crippen LogP contribution in [0.25, 0.3) is 0 Å². The smallest absolute Gasteiger partial charge is 0.264 e. The van der Waals surface area contributed by atoms with Crippen molar-refractivity contribution in [3.63, 3.8) is 0 Å². The summed E-state index contributed by atoms with van der Waals surface area (Å²) in [5.74, 6) is 1.10. The number of nitrogens with zero attached hydrogens (tertiary/aromatic N) is 2. The van der Waals surface area contributed by atoms with Crippen molar-refractivity contribution in [3.05, 3.63) is 35.4 Å². The van der Waals surface area contributed by atoms with Crippen LogP contribution in [-0.2, 0) is 24.6 Å². The third-order valence-corrected chi connectivity index (χ3v) is 7.48. The molecule has 154 valence electrons. The zero-order valence-corrected chi connectivity index (χ0v) is 17.0. The fourth-order valence-corrected chi connectivity index (χ4v) is 6.09. The summed E-state index contributed by atoms with van der Waals surface area (Å²) < 4.78 is 11.7. The summed E-state index contributed by atoms with van der Waals surface area (Å²) in [7, 11) is 3.11. The molecule has 0 aromatic heterocycles. The second-order valence-electron chi connectivity index (χ2n) is 8.38. The van der Waals surface area contributed by atoms with E-state index < -0.39 is 5.41 Å². The van der Waals surface area contributed by atoms with Crippen LogP contribution in [-0.4, -0.2) is 56.7 Å². The number of amides is 2. The van der Waals surface area contributed by atoms with E-state index in [9.17, 15) is 9.59 Å². The standard InChI is InChI=1S/C22H26N2O5/c1-4-13-10-23(12-25)19-9-22(20-8-15(13)16(19)11-29-20)17-6-5-14(27-2)7-18(17)24(28-3)21(22)26/h4-7,12,15-16,19-20H,8-11H2,1-3H3. The largest absolute Gasteiger partial charge is 0.497 e. The average molecular weight is 398 g/mol. The molecule has 5 unspecified atom stereocenters. The normalized spacial score (nSPS) is 36.5. The van der Waals surface area contributed by atoms with Gasteiger partial charge in [0.05, 0.1) is 32.6 Å². The fraction of sp³-hybridized carbons (Fsp3) is 0.545. The van der Waals surface area contributed by atoms with Crippen LogP contribution in [0, 0.1) is 11.8 Å². The third-order valence-electron chi connectivity index (χ3n) is 7.48. The Bertz CT molecular complexity index is 899. The summed E-state index contributed by atoms with van der Waals surface area (Å²) in [4.78, 5) is 33.1. The number of hydroxylamine groups is 1. The van der Waals surface area contributed by atoms with Crippen molar-refractivity contribution in [1.82, 2.24) is 4.90 Å². The third kappa shape index (κ3) is 2.31. The van der Waals surface area contributed by atoms with Crippen LogP contribution in [0.4, 0.5) is 5.69 Å². The SMILES string of the molecule is CC=C1CN(C=O)C2CC3(C(=O)N(OC)c4cc(OC)ccc43)C3CC1C2CO3. The molecular weight excluding hydrogens is 372 g/mol. The van der Waals surface area contributed by atoms with E-state index in [1.165, 1.54) is 17.7 Å². The Morgan fingerprint density at radius 1 is 1.31 bits per heavy atom. The fourth-order valence-electron chi connectivity index (χ4n) is 6.09. The number of likely N-dealkylation sites (tertiary alicyclic amines) is 1. The molecule has 1 aliphatic carbocycles. The van der Waals surface area contributed by atoms with Crippen LogP contribution >= 0.6 is 0 Å². The number of benzene rings is 1. The lowest BCUT2D eigenvalue weighted by Crippen LogP contribution is -2.51. The van der Waals surface area contributed by atoms with Gasteiger partial charge in [-0.25, -0.2) is 0 Å². The molecular formula is C22H26N2O5. The molecule has 6 rings (SSSR count). The summed E-state index contributed by atoms with van der Waals surface area (Å²) in [6.45, 7) is 3.23. The van der Waals surface area contributed by atoms with Gasteiger partial charge in [0, 0.05) is 24.6 Å². The number of methoxy groups -OCH3 is 1. The van der Waals surface area contributed by atoms with Crippen LogP contribution in [0.3, 0.4) is 0 Å². The first-order chi connectivity index (χ1) is 14.1. The summed E-state index contributed by atoms with van der Waals surface area (Å²) in [5, 5.41) is 1.37. The van der Waals surface area contributed by atoms with Gasteiger partial charge in [-0.05, 0) is 37.3 Å². The molecule has 0 N–H and O–H groups in total. The number of ether oxygens (including phenoxy) is 2. The number of hydrogen-bond acceptors (Lipinski definition) is 5. The maximum absolute atomic E-state index is 13.8. The van der Waals surface area contributed by atoms with Crippen molar-refractivity contribution >= 4 is 18.0 Å². The van der Waals surface area contributed by atoms with E-state index in [0.29, 0.717) is 36.9 Å². The molecule has 29 heavy (non-hydrogen) atoms. The van der Waals surface area contributed by atoms with Gasteiger partial charge in [-0.3, -0.25) is 14.4 Å². The highest BCUT2D eigenvalue weighted by atomic mass is 16.7. The molecule has 2 amide bonds. The first-order valence-corrected chi connectivity index (χ1v) is 10.1. The predicted molar refractivity (Wildman–Crippen MR) is 105 cm³/mol. The lowest BCUT2D eigenvalue weighted by atomic mass is 9.72. The van der Waals surface area contributed by atoms with E-state index >= 15 is 0 Å². The first-order valence-electron chi connectivity index (χ1n) is 10.1. The van der Waals surface area contributed by atoms with Crippen LogP contribution in [0.2, 0.25) is 0 Å². The van der Waals surface area contributed by atoms with Gasteiger partial charge in [0.25, 0.3) is 5.91 Å². The number of allylic oxidation sites excluding steroid dienone is 1. The van der Waals surface area contributed by atoms with Crippen molar-refractivity contribution in [1.29, 1.82) is 0 Å². The monoisotopic (exact) mass is 398 g/mol. The Morgan fingerprint density at radius 3 is 2.83 bits per heavy atom. The van der Waals surface area contributed by atoms with Crippen LogP contribution in [0.5, 0.6) is 5.75 Å². The van der Waals surface area contributed by atoms with Crippen molar-refractivity contribution in [2.24, 2.45) is 11.8 Å². The van der Waals surface area contributed by atoms with E-state index in [2.05, 4.69) is 6.08 Å². The number of carbonyl (C=O) groups excluding carboxylic acids is 2. The average Bonchev–Trinajstić information content (AvgIpc) is 2.85. The Hall–Kier alpha value is -2.38. The molecule has 7 nitrogen and oxygen atoms in total. The van der Waals surface area contributed by atoms with E-state index in [-0.39, 0.29) is 24.0 Å². The lowest BCUT2D eigenvalue weighted by Gasteiger charge is -2.46. The molecule has 1 aromatic rings. The van der Waals surface area contributed by atoms with Gasteiger partial charge in [-0.1, -0.05) is 17.7 Å². The minimum atomic E-state index is -0.865. The second-order valence-corrected chi connectivity index (χ2v) is 8.38. The van der Waals surface area contributed by atoms with Crippen LogP contribution < -0.4 is 9.80 Å². The zero-order valence-electron chi connectivity index (χ0n) is 17.0. The molecule has 4 heterocycles. The Kier molecular flexibility index (Phi) is 4.22. The van der Waals surface area contributed by atoms with E-state index in [1.807, 2.05) is 30.0 Å². The maximum atomic E-state index is 13.8. The minimum absolute atomic E-state index is 0.0376.